The number of benzene rings is 2. The number of amides is 2. The summed E-state index contributed by atoms with van der Waals surface area (Å²) in [6.45, 7) is 5.39. The first-order chi connectivity index (χ1) is 14.6. The molecule has 0 spiro atoms. The maximum atomic E-state index is 13.6. The molecular weight excluding hydrogens is 374 g/mol. The van der Waals surface area contributed by atoms with E-state index in [1.165, 1.54) is 11.1 Å². The molecule has 5 nitrogen and oxygen atoms in total. The number of carbonyl (C=O) groups excluding carboxylic acids is 2. The van der Waals surface area contributed by atoms with Gasteiger partial charge in [-0.15, -0.1) is 0 Å². The number of likely N-dealkylation sites (tertiary alicyclic amines) is 2. The monoisotopic (exact) mass is 403 g/mol. The molecule has 3 aliphatic rings. The van der Waals surface area contributed by atoms with Crippen LogP contribution in [-0.2, 0) is 16.0 Å². The first kappa shape index (κ1) is 19.3. The van der Waals surface area contributed by atoms with Gasteiger partial charge in [0.2, 0.25) is 11.8 Å². The highest BCUT2D eigenvalue weighted by Gasteiger charge is 2.53. The zero-order valence-electron chi connectivity index (χ0n) is 17.5. The van der Waals surface area contributed by atoms with E-state index in [1.807, 2.05) is 41.3 Å². The van der Waals surface area contributed by atoms with Crippen molar-refractivity contribution in [1.82, 2.24) is 15.1 Å². The second kappa shape index (κ2) is 7.55. The molecule has 5 heteroatoms. The Labute approximate surface area is 178 Å². The molecule has 3 saturated heterocycles. The molecule has 156 valence electrons. The van der Waals surface area contributed by atoms with Gasteiger partial charge in [0.1, 0.15) is 0 Å². The molecule has 3 aliphatic heterocycles. The molecule has 0 bridgehead atoms. The second-order valence-corrected chi connectivity index (χ2v) is 9.21. The van der Waals surface area contributed by atoms with E-state index in [0.717, 1.165) is 39.1 Å². The highest BCUT2D eigenvalue weighted by Crippen LogP contribution is 2.46. The molecule has 30 heavy (non-hydrogen) atoms. The first-order valence-corrected chi connectivity index (χ1v) is 10.9. The Morgan fingerprint density at radius 1 is 0.967 bits per heavy atom. The fraction of sp³-hybridized carbons (Fsp3) is 0.440. The summed E-state index contributed by atoms with van der Waals surface area (Å²) in [5.74, 6) is 1.06. The maximum absolute atomic E-state index is 13.6. The lowest BCUT2D eigenvalue weighted by Crippen LogP contribution is -2.63. The van der Waals surface area contributed by atoms with E-state index in [-0.39, 0.29) is 23.3 Å². The Morgan fingerprint density at radius 2 is 1.63 bits per heavy atom. The summed E-state index contributed by atoms with van der Waals surface area (Å²) in [5.41, 5.74) is 2.07. The van der Waals surface area contributed by atoms with Gasteiger partial charge in [-0.3, -0.25) is 9.59 Å². The SMILES string of the molecule is CC(=O)N1C[C@H]2CN(C(=O)C3(Cc4ccccc4)CNC3)C[C@H]2[C@H]1c1ccccc1. The predicted molar refractivity (Wildman–Crippen MR) is 116 cm³/mol. The van der Waals surface area contributed by atoms with E-state index < -0.39 is 0 Å². The number of hydrogen-bond donors (Lipinski definition) is 1. The van der Waals surface area contributed by atoms with Crippen LogP contribution in [0, 0.1) is 17.3 Å². The summed E-state index contributed by atoms with van der Waals surface area (Å²) < 4.78 is 0. The van der Waals surface area contributed by atoms with Crippen molar-refractivity contribution in [2.75, 3.05) is 32.7 Å². The minimum Gasteiger partial charge on any atom is -0.341 e. The van der Waals surface area contributed by atoms with Crippen molar-refractivity contribution in [1.29, 1.82) is 0 Å². The van der Waals surface area contributed by atoms with Crippen LogP contribution >= 0.6 is 0 Å². The Morgan fingerprint density at radius 3 is 2.23 bits per heavy atom. The molecule has 2 aromatic rings. The molecule has 0 aromatic heterocycles. The minimum atomic E-state index is -0.331. The highest BCUT2D eigenvalue weighted by atomic mass is 16.2. The molecule has 3 fully saturated rings. The van der Waals surface area contributed by atoms with Crippen LogP contribution in [0.1, 0.15) is 24.1 Å². The zero-order valence-corrected chi connectivity index (χ0v) is 17.5. The van der Waals surface area contributed by atoms with Crippen LogP contribution in [0.5, 0.6) is 0 Å². The lowest BCUT2D eigenvalue weighted by atomic mass is 9.75. The van der Waals surface area contributed by atoms with Gasteiger partial charge < -0.3 is 15.1 Å². The molecule has 3 atom stereocenters. The summed E-state index contributed by atoms with van der Waals surface area (Å²) in [6, 6.07) is 20.7. The fourth-order valence-electron chi connectivity index (χ4n) is 5.71. The second-order valence-electron chi connectivity index (χ2n) is 9.21. The van der Waals surface area contributed by atoms with E-state index in [0.29, 0.717) is 11.8 Å². The van der Waals surface area contributed by atoms with Crippen LogP contribution in [0.3, 0.4) is 0 Å². The number of nitrogens with one attached hydrogen (secondary N) is 1. The molecule has 2 amide bonds. The molecular formula is C25H29N3O2. The van der Waals surface area contributed by atoms with Gasteiger partial charge in [0.15, 0.2) is 0 Å². The van der Waals surface area contributed by atoms with Crippen molar-refractivity contribution in [3.05, 3.63) is 71.8 Å². The molecule has 3 heterocycles. The molecule has 0 saturated carbocycles. The van der Waals surface area contributed by atoms with Crippen LogP contribution in [0.25, 0.3) is 0 Å². The topological polar surface area (TPSA) is 52.7 Å². The van der Waals surface area contributed by atoms with Gasteiger partial charge in [-0.1, -0.05) is 60.7 Å². The van der Waals surface area contributed by atoms with Crippen LogP contribution in [-0.4, -0.2) is 54.3 Å². The Kier molecular flexibility index (Phi) is 4.86. The number of hydrogen-bond acceptors (Lipinski definition) is 3. The number of fused-ring (bicyclic) bond motifs is 1. The van der Waals surface area contributed by atoms with E-state index >= 15 is 0 Å². The summed E-state index contributed by atoms with van der Waals surface area (Å²) in [6.07, 6.45) is 0.785. The average Bonchev–Trinajstić information content (AvgIpc) is 3.30. The molecule has 5 rings (SSSR count). The van der Waals surface area contributed by atoms with Gasteiger partial charge in [-0.25, -0.2) is 0 Å². The largest absolute Gasteiger partial charge is 0.341 e. The lowest BCUT2D eigenvalue weighted by molar-refractivity contribution is -0.144. The first-order valence-electron chi connectivity index (χ1n) is 10.9. The van der Waals surface area contributed by atoms with Gasteiger partial charge in [-0.2, -0.15) is 0 Å². The summed E-state index contributed by atoms with van der Waals surface area (Å²) in [4.78, 5) is 30.1. The van der Waals surface area contributed by atoms with E-state index in [1.54, 1.807) is 6.92 Å². The van der Waals surface area contributed by atoms with Crippen molar-refractivity contribution < 1.29 is 9.59 Å². The van der Waals surface area contributed by atoms with E-state index in [9.17, 15) is 9.59 Å². The minimum absolute atomic E-state index is 0.0658. The molecule has 0 radical (unpaired) electrons. The Balaban J connectivity index is 1.36. The van der Waals surface area contributed by atoms with Crippen molar-refractivity contribution in [3.8, 4) is 0 Å². The van der Waals surface area contributed by atoms with Crippen LogP contribution in [0.2, 0.25) is 0 Å². The third-order valence-corrected chi connectivity index (χ3v) is 7.26. The Bertz CT molecular complexity index is 926. The van der Waals surface area contributed by atoms with Gasteiger partial charge in [-0.05, 0) is 17.5 Å². The van der Waals surface area contributed by atoms with Gasteiger partial charge in [0.25, 0.3) is 0 Å². The quantitative estimate of drug-likeness (QED) is 0.854. The third kappa shape index (κ3) is 3.21. The Hall–Kier alpha value is -2.66. The number of carbonyl (C=O) groups is 2. The van der Waals surface area contributed by atoms with Crippen molar-refractivity contribution in [2.24, 2.45) is 17.3 Å². The van der Waals surface area contributed by atoms with Crippen LogP contribution in [0.4, 0.5) is 0 Å². The summed E-state index contributed by atoms with van der Waals surface area (Å²) in [7, 11) is 0. The van der Waals surface area contributed by atoms with Gasteiger partial charge >= 0.3 is 0 Å². The highest BCUT2D eigenvalue weighted by molar-refractivity contribution is 5.85. The van der Waals surface area contributed by atoms with Crippen molar-refractivity contribution >= 4 is 11.8 Å². The summed E-state index contributed by atoms with van der Waals surface area (Å²) >= 11 is 0. The van der Waals surface area contributed by atoms with Crippen molar-refractivity contribution in [2.45, 2.75) is 19.4 Å². The number of nitrogens with zero attached hydrogens (tertiary/aromatic N) is 2. The average molecular weight is 404 g/mol. The number of rotatable bonds is 4. The van der Waals surface area contributed by atoms with Gasteiger partial charge in [0, 0.05) is 51.5 Å². The smallest absolute Gasteiger partial charge is 0.231 e. The van der Waals surface area contributed by atoms with Crippen LogP contribution < -0.4 is 5.32 Å². The van der Waals surface area contributed by atoms with Crippen molar-refractivity contribution in [3.63, 3.8) is 0 Å². The fourth-order valence-corrected chi connectivity index (χ4v) is 5.71. The predicted octanol–water partition coefficient (Wildman–Crippen LogP) is 2.50. The normalized spacial score (nSPS) is 26.9. The maximum Gasteiger partial charge on any atom is 0.231 e. The molecule has 1 N–H and O–H groups in total. The van der Waals surface area contributed by atoms with E-state index in [4.69, 9.17) is 0 Å². The summed E-state index contributed by atoms with van der Waals surface area (Å²) in [5, 5.41) is 3.33. The molecule has 0 unspecified atom stereocenters. The molecule has 2 aromatic carbocycles. The standard InChI is InChI=1S/C25H29N3O2/c1-18(29)28-14-21-13-27(15-22(21)23(28)20-10-6-3-7-11-20)24(30)25(16-26-17-25)12-19-8-4-2-5-9-19/h2-11,21-23,26H,12-17H2,1H3/t21-,22-,23-/m1/s1. The molecule has 0 aliphatic carbocycles. The zero-order chi connectivity index (χ0) is 20.7. The van der Waals surface area contributed by atoms with Gasteiger partial charge in [0.05, 0.1) is 11.5 Å². The lowest BCUT2D eigenvalue weighted by Gasteiger charge is -2.44. The third-order valence-electron chi connectivity index (χ3n) is 7.26. The van der Waals surface area contributed by atoms with E-state index in [2.05, 4.69) is 34.5 Å². The van der Waals surface area contributed by atoms with Crippen LogP contribution in [0.15, 0.2) is 60.7 Å².